The fourth-order valence-corrected chi connectivity index (χ4v) is 2.72. The van der Waals surface area contributed by atoms with Crippen LogP contribution in [0.1, 0.15) is 53.0 Å². The molecule has 2 atom stereocenters. The van der Waals surface area contributed by atoms with Gasteiger partial charge < -0.3 is 20.5 Å². The zero-order valence-corrected chi connectivity index (χ0v) is 17.3. The van der Waals surface area contributed by atoms with Gasteiger partial charge in [-0.1, -0.05) is 44.2 Å². The number of carbonyl (C=O) groups excluding carboxylic acids is 2. The van der Waals surface area contributed by atoms with Gasteiger partial charge in [-0.3, -0.25) is 4.79 Å². The number of amides is 2. The third kappa shape index (κ3) is 9.94. The molecule has 28 heavy (non-hydrogen) atoms. The van der Waals surface area contributed by atoms with Gasteiger partial charge in [0, 0.05) is 12.5 Å². The quantitative estimate of drug-likeness (QED) is 0.599. The van der Waals surface area contributed by atoms with Crippen molar-refractivity contribution in [3.63, 3.8) is 0 Å². The predicted octanol–water partition coefficient (Wildman–Crippen LogP) is 3.13. The predicted molar refractivity (Wildman–Crippen MR) is 107 cm³/mol. The highest BCUT2D eigenvalue weighted by atomic mass is 16.6. The molecule has 3 N–H and O–H groups in total. The van der Waals surface area contributed by atoms with E-state index >= 15 is 0 Å². The number of carbonyl (C=O) groups is 3. The Hall–Kier alpha value is -2.57. The average molecular weight is 392 g/mol. The van der Waals surface area contributed by atoms with Crippen LogP contribution in [0.3, 0.4) is 0 Å². The summed E-state index contributed by atoms with van der Waals surface area (Å²) in [6.07, 6.45) is 0.105. The number of ether oxygens (including phenoxy) is 1. The van der Waals surface area contributed by atoms with Gasteiger partial charge in [-0.05, 0) is 45.1 Å². The van der Waals surface area contributed by atoms with Crippen molar-refractivity contribution in [1.82, 2.24) is 10.6 Å². The summed E-state index contributed by atoms with van der Waals surface area (Å²) in [5.74, 6) is -1.37. The molecule has 1 aromatic carbocycles. The largest absolute Gasteiger partial charge is 0.480 e. The molecule has 0 spiro atoms. The molecule has 1 rings (SSSR count). The van der Waals surface area contributed by atoms with Crippen molar-refractivity contribution in [1.29, 1.82) is 0 Å². The second-order valence-electron chi connectivity index (χ2n) is 8.32. The Morgan fingerprint density at radius 2 is 1.68 bits per heavy atom. The molecule has 0 saturated heterocycles. The normalized spacial score (nSPS) is 13.5. The Morgan fingerprint density at radius 3 is 2.18 bits per heavy atom. The van der Waals surface area contributed by atoms with E-state index in [-0.39, 0.29) is 12.3 Å². The van der Waals surface area contributed by atoms with Gasteiger partial charge in [0.05, 0.1) is 0 Å². The number of nitrogens with one attached hydrogen (secondary N) is 2. The number of benzene rings is 1. The van der Waals surface area contributed by atoms with Crippen LogP contribution < -0.4 is 10.6 Å². The third-order valence-corrected chi connectivity index (χ3v) is 3.82. The topological polar surface area (TPSA) is 105 Å². The molecule has 2 amide bonds. The highest BCUT2D eigenvalue weighted by molar-refractivity contribution is 5.84. The van der Waals surface area contributed by atoms with Gasteiger partial charge in [0.15, 0.2) is 0 Å². The lowest BCUT2D eigenvalue weighted by molar-refractivity contribution is -0.142. The monoisotopic (exact) mass is 392 g/mol. The Labute approximate surface area is 166 Å². The maximum Gasteiger partial charge on any atom is 0.407 e. The van der Waals surface area contributed by atoms with E-state index in [2.05, 4.69) is 10.6 Å². The van der Waals surface area contributed by atoms with Gasteiger partial charge in [0.2, 0.25) is 5.91 Å². The fraction of sp³-hybridized carbons (Fsp3) is 0.571. The second kappa shape index (κ2) is 10.7. The molecule has 7 heteroatoms. The lowest BCUT2D eigenvalue weighted by Crippen LogP contribution is -2.46. The molecular formula is C21H32N2O5. The van der Waals surface area contributed by atoms with Crippen molar-refractivity contribution >= 4 is 18.0 Å². The van der Waals surface area contributed by atoms with Crippen LogP contribution in [0.4, 0.5) is 4.79 Å². The molecule has 0 aliphatic carbocycles. The molecule has 0 bridgehead atoms. The van der Waals surface area contributed by atoms with Crippen molar-refractivity contribution in [2.45, 2.75) is 71.6 Å². The molecule has 0 saturated carbocycles. The number of aliphatic carboxylic acids is 1. The van der Waals surface area contributed by atoms with E-state index in [1.165, 1.54) is 0 Å². The Bertz CT molecular complexity index is 653. The molecule has 0 heterocycles. The van der Waals surface area contributed by atoms with Crippen LogP contribution >= 0.6 is 0 Å². The van der Waals surface area contributed by atoms with Crippen LogP contribution in [0, 0.1) is 5.92 Å². The number of carboxylic acid groups (broad SMARTS) is 1. The second-order valence-corrected chi connectivity index (χ2v) is 8.32. The molecule has 1 unspecified atom stereocenters. The van der Waals surface area contributed by atoms with E-state index in [0.717, 1.165) is 5.56 Å². The maximum absolute atomic E-state index is 12.4. The summed E-state index contributed by atoms with van der Waals surface area (Å²) in [4.78, 5) is 36.0. The van der Waals surface area contributed by atoms with E-state index < -0.39 is 35.7 Å². The summed E-state index contributed by atoms with van der Waals surface area (Å²) in [6, 6.07) is 7.97. The fourth-order valence-electron chi connectivity index (χ4n) is 2.72. The van der Waals surface area contributed by atoms with E-state index in [0.29, 0.717) is 12.8 Å². The number of rotatable bonds is 9. The highest BCUT2D eigenvalue weighted by Crippen LogP contribution is 2.11. The van der Waals surface area contributed by atoms with E-state index in [4.69, 9.17) is 4.74 Å². The number of carboxylic acids is 1. The molecule has 0 aliphatic rings. The van der Waals surface area contributed by atoms with Gasteiger partial charge >= 0.3 is 12.1 Å². The molecule has 0 aromatic heterocycles. The van der Waals surface area contributed by atoms with Crippen molar-refractivity contribution in [3.05, 3.63) is 35.9 Å². The summed E-state index contributed by atoms with van der Waals surface area (Å²) in [6.45, 7) is 9.06. The number of alkyl carbamates (subject to hydrolysis) is 1. The lowest BCUT2D eigenvalue weighted by Gasteiger charge is -2.24. The molecular weight excluding hydrogens is 360 g/mol. The Morgan fingerprint density at radius 1 is 1.07 bits per heavy atom. The molecule has 1 aromatic rings. The summed E-state index contributed by atoms with van der Waals surface area (Å²) < 4.78 is 5.28. The van der Waals surface area contributed by atoms with Crippen LogP contribution in [0.5, 0.6) is 0 Å². The van der Waals surface area contributed by atoms with Crippen LogP contribution in [-0.2, 0) is 20.7 Å². The maximum atomic E-state index is 12.4. The van der Waals surface area contributed by atoms with Gasteiger partial charge in [0.1, 0.15) is 11.6 Å². The first-order valence-corrected chi connectivity index (χ1v) is 9.52. The van der Waals surface area contributed by atoms with Crippen LogP contribution in [-0.4, -0.2) is 40.8 Å². The van der Waals surface area contributed by atoms with E-state index in [1.54, 1.807) is 20.8 Å². The van der Waals surface area contributed by atoms with E-state index in [1.807, 2.05) is 44.2 Å². The van der Waals surface area contributed by atoms with Gasteiger partial charge in [-0.25, -0.2) is 9.59 Å². The highest BCUT2D eigenvalue weighted by Gasteiger charge is 2.25. The minimum atomic E-state index is -1.07. The first kappa shape index (κ1) is 23.5. The van der Waals surface area contributed by atoms with Crippen molar-refractivity contribution in [2.75, 3.05) is 0 Å². The zero-order valence-electron chi connectivity index (χ0n) is 17.3. The van der Waals surface area contributed by atoms with Crippen LogP contribution in [0.25, 0.3) is 0 Å². The Kier molecular flexibility index (Phi) is 8.96. The van der Waals surface area contributed by atoms with Crippen molar-refractivity contribution < 1.29 is 24.2 Å². The van der Waals surface area contributed by atoms with Gasteiger partial charge in [-0.15, -0.1) is 0 Å². The minimum absolute atomic E-state index is 0.0456. The van der Waals surface area contributed by atoms with Crippen LogP contribution in [0.15, 0.2) is 30.3 Å². The minimum Gasteiger partial charge on any atom is -0.480 e. The SMILES string of the molecule is CC(C)C[C@H](NC(=O)CC(Cc1ccccc1)NC(=O)OC(C)(C)C)C(=O)O. The summed E-state index contributed by atoms with van der Waals surface area (Å²) in [7, 11) is 0. The van der Waals surface area contributed by atoms with Crippen molar-refractivity contribution in [2.24, 2.45) is 5.92 Å². The number of hydrogen-bond donors (Lipinski definition) is 3. The molecule has 7 nitrogen and oxygen atoms in total. The summed E-state index contributed by atoms with van der Waals surface area (Å²) in [5, 5.41) is 14.6. The lowest BCUT2D eigenvalue weighted by atomic mass is 10.0. The standard InChI is InChI=1S/C21H32N2O5/c1-14(2)11-17(19(25)26)23-18(24)13-16(12-15-9-7-6-8-10-15)22-20(27)28-21(3,4)5/h6-10,14,16-17H,11-13H2,1-5H3,(H,22,27)(H,23,24)(H,25,26)/t16?,17-/m0/s1. The number of hydrogen-bond acceptors (Lipinski definition) is 4. The van der Waals surface area contributed by atoms with Gasteiger partial charge in [0.25, 0.3) is 0 Å². The third-order valence-electron chi connectivity index (χ3n) is 3.82. The zero-order chi connectivity index (χ0) is 21.3. The molecule has 0 radical (unpaired) electrons. The summed E-state index contributed by atoms with van der Waals surface area (Å²) >= 11 is 0. The average Bonchev–Trinajstić information content (AvgIpc) is 2.52. The van der Waals surface area contributed by atoms with Gasteiger partial charge in [-0.2, -0.15) is 0 Å². The molecule has 0 aliphatic heterocycles. The van der Waals surface area contributed by atoms with Crippen LogP contribution in [0.2, 0.25) is 0 Å². The van der Waals surface area contributed by atoms with Crippen molar-refractivity contribution in [3.8, 4) is 0 Å². The van der Waals surface area contributed by atoms with E-state index in [9.17, 15) is 19.5 Å². The molecule has 0 fully saturated rings. The molecule has 156 valence electrons. The first-order chi connectivity index (χ1) is 13.0. The summed E-state index contributed by atoms with van der Waals surface area (Å²) in [5.41, 5.74) is 0.295. The first-order valence-electron chi connectivity index (χ1n) is 9.52. The smallest absolute Gasteiger partial charge is 0.407 e. The Balaban J connectivity index is 2.81.